The molecule has 0 bridgehead atoms. The Kier molecular flexibility index (Phi) is 5.87. The molecule has 1 aliphatic rings. The first kappa shape index (κ1) is 18.0. The second kappa shape index (κ2) is 7.49. The molecule has 1 unspecified atom stereocenters. The van der Waals surface area contributed by atoms with Gasteiger partial charge in [0.25, 0.3) is 0 Å². The van der Waals surface area contributed by atoms with Crippen LogP contribution in [-0.2, 0) is 11.3 Å². The molecular formula is C17H26ClN3O2. The van der Waals surface area contributed by atoms with Crippen LogP contribution in [-0.4, -0.2) is 45.4 Å². The molecule has 1 N–H and O–H groups in total. The molecule has 1 fully saturated rings. The van der Waals surface area contributed by atoms with E-state index < -0.39 is 6.10 Å². The van der Waals surface area contributed by atoms with Gasteiger partial charge >= 0.3 is 0 Å². The van der Waals surface area contributed by atoms with Crippen LogP contribution in [0.5, 0.6) is 0 Å². The zero-order valence-corrected chi connectivity index (χ0v) is 15.0. The minimum Gasteiger partial charge on any atom is -0.391 e. The van der Waals surface area contributed by atoms with Crippen LogP contribution in [0.1, 0.15) is 37.9 Å². The molecule has 0 aliphatic heterocycles. The molecule has 1 atom stereocenters. The number of aliphatic hydroxyl groups excluding tert-OH is 1. The lowest BCUT2D eigenvalue weighted by molar-refractivity contribution is -0.126. The standard InChI is InChI=1S/C17H26ClN3O2/c1-11(2)9-21-17(18)14(12(3)19-21)7-8-16(23)20(4)10-15(22)13-5-6-13/h7-8,11,13,15,22H,5-6,9-10H2,1-4H3/b8-7+. The summed E-state index contributed by atoms with van der Waals surface area (Å²) in [6, 6.07) is 0. The SMILES string of the molecule is Cc1nn(CC(C)C)c(Cl)c1/C=C/C(=O)N(C)CC(O)C1CC1. The molecule has 0 spiro atoms. The summed E-state index contributed by atoms with van der Waals surface area (Å²) in [4.78, 5) is 13.7. The number of hydrogen-bond donors (Lipinski definition) is 1. The van der Waals surface area contributed by atoms with Crippen LogP contribution in [0.4, 0.5) is 0 Å². The number of likely N-dealkylation sites (N-methyl/N-ethyl adjacent to an activating group) is 1. The molecule has 1 aromatic rings. The van der Waals surface area contributed by atoms with Gasteiger partial charge in [-0.3, -0.25) is 9.48 Å². The van der Waals surface area contributed by atoms with Crippen LogP contribution in [0.15, 0.2) is 6.08 Å². The van der Waals surface area contributed by atoms with Crippen LogP contribution in [0.2, 0.25) is 5.15 Å². The van der Waals surface area contributed by atoms with Crippen molar-refractivity contribution in [2.45, 2.75) is 46.3 Å². The third-order valence-electron chi connectivity index (χ3n) is 4.04. The van der Waals surface area contributed by atoms with Gasteiger partial charge in [-0.1, -0.05) is 25.4 Å². The summed E-state index contributed by atoms with van der Waals surface area (Å²) in [5.41, 5.74) is 1.58. The second-order valence-corrected chi connectivity index (χ2v) is 7.18. The first-order valence-corrected chi connectivity index (χ1v) is 8.51. The normalized spacial score (nSPS) is 16.3. The number of aliphatic hydroxyl groups is 1. The fourth-order valence-electron chi connectivity index (χ4n) is 2.51. The quantitative estimate of drug-likeness (QED) is 0.777. The number of carbonyl (C=O) groups is 1. The van der Waals surface area contributed by atoms with Gasteiger partial charge in [-0.15, -0.1) is 0 Å². The smallest absolute Gasteiger partial charge is 0.246 e. The minimum atomic E-state index is -0.420. The molecule has 6 heteroatoms. The Morgan fingerprint density at radius 1 is 1.52 bits per heavy atom. The van der Waals surface area contributed by atoms with Crippen LogP contribution in [0.25, 0.3) is 6.08 Å². The Morgan fingerprint density at radius 3 is 2.74 bits per heavy atom. The Hall–Kier alpha value is -1.33. The zero-order chi connectivity index (χ0) is 17.1. The highest BCUT2D eigenvalue weighted by Crippen LogP contribution is 2.32. The molecule has 2 rings (SSSR count). The summed E-state index contributed by atoms with van der Waals surface area (Å²) in [5.74, 6) is 0.664. The van der Waals surface area contributed by atoms with Gasteiger partial charge in [-0.2, -0.15) is 5.10 Å². The van der Waals surface area contributed by atoms with Gasteiger partial charge in [0.05, 0.1) is 11.8 Å². The highest BCUT2D eigenvalue weighted by molar-refractivity contribution is 6.31. The minimum absolute atomic E-state index is 0.142. The highest BCUT2D eigenvalue weighted by Gasteiger charge is 2.30. The van der Waals surface area contributed by atoms with Gasteiger partial charge < -0.3 is 10.0 Å². The second-order valence-electron chi connectivity index (χ2n) is 6.82. The fraction of sp³-hybridized carbons (Fsp3) is 0.647. The Morgan fingerprint density at radius 2 is 2.17 bits per heavy atom. The molecule has 1 aromatic heterocycles. The third-order valence-corrected chi connectivity index (χ3v) is 4.44. The van der Waals surface area contributed by atoms with E-state index in [0.717, 1.165) is 30.6 Å². The number of nitrogens with zero attached hydrogens (tertiary/aromatic N) is 3. The zero-order valence-electron chi connectivity index (χ0n) is 14.3. The average molecular weight is 340 g/mol. The Balaban J connectivity index is 2.01. The van der Waals surface area contributed by atoms with Crippen molar-refractivity contribution in [1.82, 2.24) is 14.7 Å². The molecule has 1 amide bonds. The summed E-state index contributed by atoms with van der Waals surface area (Å²) >= 11 is 6.36. The Labute approximate surface area is 142 Å². The summed E-state index contributed by atoms with van der Waals surface area (Å²) < 4.78 is 1.77. The van der Waals surface area contributed by atoms with Gasteiger partial charge in [-0.25, -0.2) is 0 Å². The number of halogens is 1. The number of aromatic nitrogens is 2. The van der Waals surface area contributed by atoms with E-state index in [0.29, 0.717) is 23.5 Å². The predicted octanol–water partition coefficient (Wildman–Crippen LogP) is 2.74. The van der Waals surface area contributed by atoms with E-state index in [4.69, 9.17) is 11.6 Å². The van der Waals surface area contributed by atoms with Crippen LogP contribution < -0.4 is 0 Å². The number of amides is 1. The van der Waals surface area contributed by atoms with Crippen molar-refractivity contribution in [3.63, 3.8) is 0 Å². The van der Waals surface area contributed by atoms with E-state index in [1.807, 2.05) is 6.92 Å². The topological polar surface area (TPSA) is 58.4 Å². The lowest BCUT2D eigenvalue weighted by Gasteiger charge is -2.19. The summed E-state index contributed by atoms with van der Waals surface area (Å²) in [5, 5.41) is 14.9. The van der Waals surface area contributed by atoms with E-state index in [2.05, 4.69) is 18.9 Å². The van der Waals surface area contributed by atoms with E-state index in [1.165, 1.54) is 6.08 Å². The first-order chi connectivity index (χ1) is 10.8. The van der Waals surface area contributed by atoms with E-state index in [-0.39, 0.29) is 5.91 Å². The van der Waals surface area contributed by atoms with Gasteiger partial charge in [0, 0.05) is 31.8 Å². The maximum absolute atomic E-state index is 12.2. The third kappa shape index (κ3) is 4.82. The number of aryl methyl sites for hydroxylation is 1. The maximum Gasteiger partial charge on any atom is 0.246 e. The van der Waals surface area contributed by atoms with Gasteiger partial charge in [0.2, 0.25) is 5.91 Å². The van der Waals surface area contributed by atoms with Crippen LogP contribution in [0.3, 0.4) is 0 Å². The summed E-state index contributed by atoms with van der Waals surface area (Å²) in [7, 11) is 1.70. The average Bonchev–Trinajstić information content (AvgIpc) is 3.26. The molecule has 1 aliphatic carbocycles. The van der Waals surface area contributed by atoms with Crippen molar-refractivity contribution in [2.75, 3.05) is 13.6 Å². The fourth-order valence-corrected chi connectivity index (χ4v) is 2.81. The summed E-state index contributed by atoms with van der Waals surface area (Å²) in [6.07, 6.45) is 4.90. The highest BCUT2D eigenvalue weighted by atomic mass is 35.5. The molecule has 23 heavy (non-hydrogen) atoms. The molecule has 1 saturated carbocycles. The van der Waals surface area contributed by atoms with E-state index in [1.54, 1.807) is 22.7 Å². The van der Waals surface area contributed by atoms with Crippen molar-refractivity contribution in [1.29, 1.82) is 0 Å². The molecule has 0 radical (unpaired) electrons. The van der Waals surface area contributed by atoms with Gasteiger partial charge in [-0.05, 0) is 37.7 Å². The van der Waals surface area contributed by atoms with Gasteiger partial charge in [0.1, 0.15) is 5.15 Å². The monoisotopic (exact) mass is 339 g/mol. The van der Waals surface area contributed by atoms with Crippen LogP contribution >= 0.6 is 11.6 Å². The molecule has 5 nitrogen and oxygen atoms in total. The van der Waals surface area contributed by atoms with Crippen molar-refractivity contribution in [3.8, 4) is 0 Å². The van der Waals surface area contributed by atoms with E-state index >= 15 is 0 Å². The molecule has 0 saturated heterocycles. The first-order valence-electron chi connectivity index (χ1n) is 8.13. The summed E-state index contributed by atoms with van der Waals surface area (Å²) in [6.45, 7) is 7.20. The van der Waals surface area contributed by atoms with Crippen LogP contribution in [0, 0.1) is 18.8 Å². The van der Waals surface area contributed by atoms with Crippen molar-refractivity contribution in [3.05, 3.63) is 22.5 Å². The Bertz CT molecular complexity index is 591. The van der Waals surface area contributed by atoms with Crippen molar-refractivity contribution >= 4 is 23.6 Å². The van der Waals surface area contributed by atoms with Crippen molar-refractivity contribution in [2.24, 2.45) is 11.8 Å². The largest absolute Gasteiger partial charge is 0.391 e. The molecular weight excluding hydrogens is 314 g/mol. The van der Waals surface area contributed by atoms with E-state index in [9.17, 15) is 9.90 Å². The van der Waals surface area contributed by atoms with Gasteiger partial charge in [0.15, 0.2) is 0 Å². The molecule has 128 valence electrons. The lowest BCUT2D eigenvalue weighted by atomic mass is 10.2. The number of rotatable bonds is 7. The number of hydrogen-bond acceptors (Lipinski definition) is 3. The van der Waals surface area contributed by atoms with Crippen molar-refractivity contribution < 1.29 is 9.90 Å². The number of carbonyl (C=O) groups excluding carboxylic acids is 1. The lowest BCUT2D eigenvalue weighted by Crippen LogP contribution is -2.34. The molecule has 0 aromatic carbocycles. The predicted molar refractivity (Wildman–Crippen MR) is 92.2 cm³/mol. The maximum atomic E-state index is 12.2. The molecule has 1 heterocycles.